The van der Waals surface area contributed by atoms with Gasteiger partial charge in [-0.25, -0.2) is 4.98 Å². The van der Waals surface area contributed by atoms with Gasteiger partial charge in [0.2, 0.25) is 0 Å². The van der Waals surface area contributed by atoms with Crippen LogP contribution in [0.25, 0.3) is 0 Å². The average Bonchev–Trinajstić information content (AvgIpc) is 3.87. The molecule has 1 aromatic heterocycles. The lowest BCUT2D eigenvalue weighted by Crippen LogP contribution is -2.59. The minimum Gasteiger partial charge on any atom is -0.462 e. The number of H-pyrrole nitrogens is 1. The van der Waals surface area contributed by atoms with Gasteiger partial charge in [-0.05, 0) is 104 Å². The molecule has 314 valence electrons. The second-order valence-corrected chi connectivity index (χ2v) is 17.6. The number of allylic oxidation sites excluding steroid dienone is 2. The van der Waals surface area contributed by atoms with Crippen LogP contribution in [0.5, 0.6) is 0 Å². The summed E-state index contributed by atoms with van der Waals surface area (Å²) >= 11 is 0. The van der Waals surface area contributed by atoms with Gasteiger partial charge in [0.15, 0.2) is 18.4 Å². The van der Waals surface area contributed by atoms with E-state index in [9.17, 15) is 9.59 Å². The minimum absolute atomic E-state index is 0.00118. The van der Waals surface area contributed by atoms with Crippen molar-refractivity contribution in [2.24, 2.45) is 23.7 Å². The van der Waals surface area contributed by atoms with Crippen molar-refractivity contribution < 1.29 is 47.5 Å². The molecule has 0 bridgehead atoms. The number of hydrogen-bond acceptors (Lipinski definition) is 12. The Morgan fingerprint density at radius 1 is 0.893 bits per heavy atom. The van der Waals surface area contributed by atoms with Gasteiger partial charge in [0.05, 0.1) is 36.5 Å². The van der Waals surface area contributed by atoms with Crippen molar-refractivity contribution in [3.05, 3.63) is 28.9 Å². The molecule has 0 aromatic carbocycles. The molecule has 3 aliphatic heterocycles. The molecule has 13 heteroatoms. The second kappa shape index (κ2) is 17.6. The van der Waals surface area contributed by atoms with E-state index in [0.29, 0.717) is 18.0 Å². The van der Waals surface area contributed by atoms with Crippen LogP contribution in [0.3, 0.4) is 0 Å². The molecule has 0 radical (unpaired) electrons. The lowest BCUT2D eigenvalue weighted by atomic mass is 9.67. The van der Waals surface area contributed by atoms with Gasteiger partial charge in [0, 0.05) is 56.7 Å². The molecular weight excluding hydrogens is 718 g/mol. The fourth-order valence-corrected chi connectivity index (χ4v) is 11.3. The largest absolute Gasteiger partial charge is 0.462 e. The molecule has 4 fully saturated rings. The molecule has 1 N–H and O–H groups in total. The highest BCUT2D eigenvalue weighted by Crippen LogP contribution is 2.61. The Bertz CT molecular complexity index is 1570. The summed E-state index contributed by atoms with van der Waals surface area (Å²) in [5.41, 5.74) is 2.77. The number of ether oxygens (including phenoxy) is 8. The van der Waals surface area contributed by atoms with Gasteiger partial charge in [0.1, 0.15) is 30.2 Å². The highest BCUT2D eigenvalue weighted by molar-refractivity contribution is 5.99. The third-order valence-electron chi connectivity index (χ3n) is 14.1. The van der Waals surface area contributed by atoms with Crippen molar-refractivity contribution in [1.29, 1.82) is 0 Å². The van der Waals surface area contributed by atoms with E-state index in [-0.39, 0.29) is 96.8 Å². The maximum Gasteiger partial charge on any atom is 0.306 e. The van der Waals surface area contributed by atoms with E-state index in [1.165, 1.54) is 0 Å². The third-order valence-corrected chi connectivity index (χ3v) is 14.1. The normalized spacial score (nSPS) is 43.2. The maximum atomic E-state index is 15.0. The Morgan fingerprint density at radius 2 is 1.64 bits per heavy atom. The number of likely N-dealkylation sites (N-methyl/N-ethyl adjacent to an activating group) is 1. The molecule has 3 saturated heterocycles. The van der Waals surface area contributed by atoms with Crippen molar-refractivity contribution in [2.75, 3.05) is 35.4 Å². The number of nitrogens with one attached hydrogen (secondary N) is 1. The first-order chi connectivity index (χ1) is 26.9. The number of methoxy groups -OCH3 is 3. The van der Waals surface area contributed by atoms with Gasteiger partial charge in [-0.15, -0.1) is 0 Å². The van der Waals surface area contributed by atoms with E-state index < -0.39 is 18.3 Å². The van der Waals surface area contributed by atoms with E-state index >= 15 is 0 Å². The SMILES string of the molecule is CC[C@H]1CCC[C@H](O[C@H]2CC[C@H](N(C)C)[C@@H](C)O2)[C@@H](C)C(=O)C2=C[C@H]3[C@@H]4C[C@H](O[C@@H]5O[C@@H](C)[C@H](OC)[C@@H](OC)[C@H]5OC)C[C@H]4c4[nH]c(C)nc4[C@H]3[C@@H]2CC(=O)O1. The summed E-state index contributed by atoms with van der Waals surface area (Å²) in [6.45, 7) is 10.1. The highest BCUT2D eigenvalue weighted by Gasteiger charge is 2.57. The molecule has 0 amide bonds. The lowest BCUT2D eigenvalue weighted by Gasteiger charge is -2.44. The van der Waals surface area contributed by atoms with Crippen LogP contribution in [0.15, 0.2) is 11.6 Å². The van der Waals surface area contributed by atoms with Crippen LogP contribution in [0.2, 0.25) is 0 Å². The monoisotopic (exact) mass is 785 g/mol. The van der Waals surface area contributed by atoms with Gasteiger partial charge in [0.25, 0.3) is 0 Å². The van der Waals surface area contributed by atoms with Crippen LogP contribution >= 0.6 is 0 Å². The number of cyclic esters (lactones) is 1. The number of aromatic amines is 1. The van der Waals surface area contributed by atoms with Crippen molar-refractivity contribution >= 4 is 11.8 Å². The first-order valence-electron chi connectivity index (χ1n) is 21.3. The van der Waals surface area contributed by atoms with Gasteiger partial charge in [-0.1, -0.05) is 19.9 Å². The molecule has 1 aromatic rings. The van der Waals surface area contributed by atoms with E-state index in [1.54, 1.807) is 21.3 Å². The Kier molecular flexibility index (Phi) is 13.1. The van der Waals surface area contributed by atoms with Crippen LogP contribution in [-0.4, -0.2) is 129 Å². The Morgan fingerprint density at radius 3 is 2.32 bits per heavy atom. The summed E-state index contributed by atoms with van der Waals surface area (Å²) < 4.78 is 50.1. The van der Waals surface area contributed by atoms with Gasteiger partial charge in [-0.3, -0.25) is 9.59 Å². The summed E-state index contributed by atoms with van der Waals surface area (Å²) in [6.07, 6.45) is 5.51. The first-order valence-corrected chi connectivity index (χ1v) is 21.3. The fraction of sp³-hybridized carbons (Fsp3) is 0.837. The average molecular weight is 786 g/mol. The minimum atomic E-state index is -0.641. The number of hydrogen-bond donors (Lipinski definition) is 1. The lowest BCUT2D eigenvalue weighted by molar-refractivity contribution is -0.314. The number of fused-ring (bicyclic) bond motifs is 8. The Balaban J connectivity index is 1.18. The molecule has 4 heterocycles. The van der Waals surface area contributed by atoms with E-state index in [1.807, 2.05) is 20.8 Å². The number of Topliss-reactive ketones (excluding diaryl/α,β-unsaturated/α-hetero) is 1. The number of imidazole rings is 1. The molecule has 0 spiro atoms. The summed E-state index contributed by atoms with van der Waals surface area (Å²) in [5, 5.41) is 0. The molecule has 6 aliphatic rings. The molecule has 7 rings (SSSR count). The molecule has 0 unspecified atom stereocenters. The Hall–Kier alpha value is -2.23. The van der Waals surface area contributed by atoms with Crippen molar-refractivity contribution in [1.82, 2.24) is 14.9 Å². The maximum absolute atomic E-state index is 15.0. The second-order valence-electron chi connectivity index (χ2n) is 17.6. The quantitative estimate of drug-likeness (QED) is 0.312. The zero-order valence-electron chi connectivity index (χ0n) is 35.2. The summed E-state index contributed by atoms with van der Waals surface area (Å²) in [5.74, 6) is 0.0188. The molecule has 17 atom stereocenters. The molecule has 3 aliphatic carbocycles. The third kappa shape index (κ3) is 8.05. The van der Waals surface area contributed by atoms with Gasteiger partial charge < -0.3 is 47.8 Å². The molecular formula is C43H67N3O10. The van der Waals surface area contributed by atoms with Crippen molar-refractivity contribution in [3.63, 3.8) is 0 Å². The van der Waals surface area contributed by atoms with Gasteiger partial charge >= 0.3 is 5.97 Å². The number of esters is 1. The first kappa shape index (κ1) is 41.9. The van der Waals surface area contributed by atoms with Crippen LogP contribution < -0.4 is 0 Å². The standard InChI is InChI=1S/C43H67N3O10/c1-11-25-13-12-14-33(56-35-16-15-32(46(6)7)22(3)52-35)21(2)39(48)31-19-28-27-17-26(55-43-42(51-10)41(50-9)40(49-8)23(4)53-43)18-30(27)37-38(45-24(5)44-37)36(28)29(31)20-34(47)54-25/h19,21-23,25-30,32-33,35-36,40-43H,11-18,20H2,1-10H3,(H,44,45)/t21-,22-,23+,25+,26+,27+,28+,29-,30-,32+,33+,35+,36-,40+,41-,42-,43+/m1/s1. The van der Waals surface area contributed by atoms with Crippen LogP contribution in [0.4, 0.5) is 0 Å². The Labute approximate surface area is 333 Å². The topological polar surface area (TPSA) is 140 Å². The number of ketones is 1. The van der Waals surface area contributed by atoms with E-state index in [4.69, 9.17) is 42.9 Å². The van der Waals surface area contributed by atoms with Crippen molar-refractivity contribution in [2.45, 2.75) is 172 Å². The predicted molar refractivity (Wildman–Crippen MR) is 207 cm³/mol. The van der Waals surface area contributed by atoms with E-state index in [0.717, 1.165) is 62.2 Å². The smallest absolute Gasteiger partial charge is 0.306 e. The zero-order valence-corrected chi connectivity index (χ0v) is 35.2. The summed E-state index contributed by atoms with van der Waals surface area (Å²) in [4.78, 5) is 39.7. The molecule has 56 heavy (non-hydrogen) atoms. The predicted octanol–water partition coefficient (Wildman–Crippen LogP) is 5.60. The number of rotatable bonds is 9. The zero-order chi connectivity index (χ0) is 40.0. The van der Waals surface area contributed by atoms with Crippen LogP contribution in [0.1, 0.15) is 115 Å². The van der Waals surface area contributed by atoms with Gasteiger partial charge in [-0.2, -0.15) is 0 Å². The number of carbonyl (C=O) groups excluding carboxylic acids is 2. The van der Waals surface area contributed by atoms with E-state index in [2.05, 4.69) is 43.9 Å². The number of carbonyl (C=O) groups is 2. The highest BCUT2D eigenvalue weighted by atomic mass is 16.7. The summed E-state index contributed by atoms with van der Waals surface area (Å²) in [7, 11) is 9.14. The van der Waals surface area contributed by atoms with Crippen LogP contribution in [0, 0.1) is 30.6 Å². The fourth-order valence-electron chi connectivity index (χ4n) is 11.3. The van der Waals surface area contributed by atoms with Crippen LogP contribution in [-0.2, 0) is 47.5 Å². The summed E-state index contributed by atoms with van der Waals surface area (Å²) in [6, 6.07) is 0.323. The van der Waals surface area contributed by atoms with Crippen molar-refractivity contribution in [3.8, 4) is 0 Å². The molecule has 13 nitrogen and oxygen atoms in total. The number of aryl methyl sites for hydroxylation is 1. The number of aromatic nitrogens is 2. The number of nitrogens with zero attached hydrogens (tertiary/aromatic N) is 2. The molecule has 1 saturated carbocycles.